The zero-order chi connectivity index (χ0) is 14.0. The summed E-state index contributed by atoms with van der Waals surface area (Å²) in [5.74, 6) is -0.384. The molecule has 0 bridgehead atoms. The average molecular weight is 286 g/mol. The van der Waals surface area contributed by atoms with Gasteiger partial charge >= 0.3 is 10.2 Å². The Morgan fingerprint density at radius 3 is 2.79 bits per heavy atom. The quantitative estimate of drug-likeness (QED) is 0.834. The Labute approximate surface area is 111 Å². The molecule has 5 nitrogen and oxygen atoms in total. The second kappa shape index (κ2) is 5.26. The van der Waals surface area contributed by atoms with Crippen molar-refractivity contribution in [1.29, 1.82) is 0 Å². The van der Waals surface area contributed by atoms with Crippen molar-refractivity contribution in [2.45, 2.75) is 17.4 Å². The molecule has 2 rings (SSSR count). The van der Waals surface area contributed by atoms with Crippen molar-refractivity contribution < 1.29 is 17.1 Å². The number of carbonyl (C=O) groups excluding carboxylic acids is 1. The minimum atomic E-state index is -4.78. The van der Waals surface area contributed by atoms with Crippen LogP contribution in [0, 0.1) is 0 Å². The van der Waals surface area contributed by atoms with E-state index in [0.717, 1.165) is 31.6 Å². The molecule has 1 unspecified atom stereocenters. The molecule has 7 heteroatoms. The normalized spacial score (nSPS) is 20.4. The number of benzene rings is 1. The third kappa shape index (κ3) is 3.51. The van der Waals surface area contributed by atoms with Crippen LogP contribution < -0.4 is 5.32 Å². The number of hydrogen-bond donors (Lipinski definition) is 1. The van der Waals surface area contributed by atoms with E-state index in [1.165, 1.54) is 12.1 Å². The fraction of sp³-hybridized carbons (Fsp3) is 0.417. The maximum Gasteiger partial charge on any atom is 0.332 e. The third-order valence-corrected chi connectivity index (χ3v) is 3.92. The lowest BCUT2D eigenvalue weighted by molar-refractivity contribution is 0.0938. The van der Waals surface area contributed by atoms with Crippen molar-refractivity contribution in [1.82, 2.24) is 10.2 Å². The number of carbonyl (C=O) groups is 1. The van der Waals surface area contributed by atoms with Gasteiger partial charge in [-0.15, -0.1) is 3.89 Å². The van der Waals surface area contributed by atoms with Crippen molar-refractivity contribution >= 4 is 16.1 Å². The molecule has 1 atom stereocenters. The molecule has 0 saturated carbocycles. The van der Waals surface area contributed by atoms with Crippen molar-refractivity contribution in [2.75, 3.05) is 20.1 Å². The predicted molar refractivity (Wildman–Crippen MR) is 68.1 cm³/mol. The molecule has 1 fully saturated rings. The fourth-order valence-electron chi connectivity index (χ4n) is 2.11. The molecule has 0 spiro atoms. The maximum absolute atomic E-state index is 12.9. The van der Waals surface area contributed by atoms with Crippen molar-refractivity contribution in [2.24, 2.45) is 0 Å². The first kappa shape index (κ1) is 14.0. The topological polar surface area (TPSA) is 66.5 Å². The summed E-state index contributed by atoms with van der Waals surface area (Å²) in [7, 11) is -2.82. The molecule has 0 radical (unpaired) electrons. The Balaban J connectivity index is 2.11. The summed E-state index contributed by atoms with van der Waals surface area (Å²) in [5, 5.41) is 2.81. The van der Waals surface area contributed by atoms with E-state index in [2.05, 4.69) is 10.2 Å². The largest absolute Gasteiger partial charge is 0.348 e. The van der Waals surface area contributed by atoms with Crippen molar-refractivity contribution in [3.63, 3.8) is 0 Å². The van der Waals surface area contributed by atoms with Crippen LogP contribution in [-0.2, 0) is 10.2 Å². The van der Waals surface area contributed by atoms with Crippen LogP contribution in [0.2, 0.25) is 0 Å². The summed E-state index contributed by atoms with van der Waals surface area (Å²) in [6.45, 7) is 1.66. The first-order valence-electron chi connectivity index (χ1n) is 5.90. The number of halogens is 1. The van der Waals surface area contributed by atoms with E-state index in [1.54, 1.807) is 0 Å². The van der Waals surface area contributed by atoms with Crippen LogP contribution in [0.1, 0.15) is 16.8 Å². The second-order valence-corrected chi connectivity index (χ2v) is 6.03. The van der Waals surface area contributed by atoms with Crippen LogP contribution in [-0.4, -0.2) is 45.4 Å². The lowest BCUT2D eigenvalue weighted by atomic mass is 10.2. The van der Waals surface area contributed by atoms with Crippen LogP contribution in [0.3, 0.4) is 0 Å². The van der Waals surface area contributed by atoms with Crippen LogP contribution in [0.5, 0.6) is 0 Å². The van der Waals surface area contributed by atoms with E-state index >= 15 is 0 Å². The molecule has 0 aliphatic carbocycles. The van der Waals surface area contributed by atoms with Gasteiger partial charge in [0, 0.05) is 18.2 Å². The third-order valence-electron chi connectivity index (χ3n) is 3.10. The minimum Gasteiger partial charge on any atom is -0.348 e. The van der Waals surface area contributed by atoms with Crippen LogP contribution in [0.15, 0.2) is 29.2 Å². The highest BCUT2D eigenvalue weighted by Crippen LogP contribution is 2.14. The molecule has 19 heavy (non-hydrogen) atoms. The van der Waals surface area contributed by atoms with Gasteiger partial charge < -0.3 is 10.2 Å². The lowest BCUT2D eigenvalue weighted by Crippen LogP contribution is -2.36. The molecule has 1 heterocycles. The molecule has 1 amide bonds. The van der Waals surface area contributed by atoms with E-state index < -0.39 is 15.1 Å². The molecule has 1 N–H and O–H groups in total. The van der Waals surface area contributed by atoms with E-state index in [0.29, 0.717) is 0 Å². The molecule has 104 valence electrons. The Bertz CT molecular complexity index is 588. The van der Waals surface area contributed by atoms with E-state index in [9.17, 15) is 17.1 Å². The van der Waals surface area contributed by atoms with Gasteiger partial charge in [0.1, 0.15) is 0 Å². The SMILES string of the molecule is CN1CCC(NC(=O)c2cccc(S(=O)(=O)F)c2)C1. The predicted octanol–water partition coefficient (Wildman–Crippen LogP) is 0.779. The molecule has 1 aliphatic heterocycles. The second-order valence-electron chi connectivity index (χ2n) is 4.69. The van der Waals surface area contributed by atoms with E-state index in [1.807, 2.05) is 7.05 Å². The number of likely N-dealkylation sites (N-methyl/N-ethyl adjacent to an activating group) is 1. The Morgan fingerprint density at radius 2 is 2.21 bits per heavy atom. The smallest absolute Gasteiger partial charge is 0.332 e. The summed E-state index contributed by atoms with van der Waals surface area (Å²) in [6, 6.07) is 5.02. The van der Waals surface area contributed by atoms with Gasteiger partial charge in [-0.25, -0.2) is 0 Å². The lowest BCUT2D eigenvalue weighted by Gasteiger charge is -2.13. The average Bonchev–Trinajstić information content (AvgIpc) is 2.74. The molecule has 0 aromatic heterocycles. The highest BCUT2D eigenvalue weighted by atomic mass is 32.3. The number of nitrogens with one attached hydrogen (secondary N) is 1. The van der Waals surface area contributed by atoms with Gasteiger partial charge in [0.05, 0.1) is 4.90 Å². The molecule has 1 aromatic rings. The van der Waals surface area contributed by atoms with Gasteiger partial charge in [-0.3, -0.25) is 4.79 Å². The summed E-state index contributed by atoms with van der Waals surface area (Å²) in [5.41, 5.74) is 0.147. The van der Waals surface area contributed by atoms with Crippen LogP contribution in [0.4, 0.5) is 3.89 Å². The van der Waals surface area contributed by atoms with Gasteiger partial charge in [0.2, 0.25) is 0 Å². The molecular weight excluding hydrogens is 271 g/mol. The molecule has 1 saturated heterocycles. The first-order chi connectivity index (χ1) is 8.86. The first-order valence-corrected chi connectivity index (χ1v) is 7.29. The summed E-state index contributed by atoms with van der Waals surface area (Å²) >= 11 is 0. The Hall–Kier alpha value is -1.47. The monoisotopic (exact) mass is 286 g/mol. The molecular formula is C12H15FN2O3S. The fourth-order valence-corrected chi connectivity index (χ4v) is 2.62. The molecule has 1 aliphatic rings. The standard InChI is InChI=1S/C12H15FN2O3S/c1-15-6-5-10(8-15)14-12(16)9-3-2-4-11(7-9)19(13,17)18/h2-4,7,10H,5-6,8H2,1H3,(H,14,16). The number of nitrogens with zero attached hydrogens (tertiary/aromatic N) is 1. The van der Waals surface area contributed by atoms with Gasteiger partial charge in [-0.2, -0.15) is 8.42 Å². The van der Waals surface area contributed by atoms with E-state index in [4.69, 9.17) is 0 Å². The number of rotatable bonds is 3. The summed E-state index contributed by atoms with van der Waals surface area (Å²) in [6.07, 6.45) is 0.851. The van der Waals surface area contributed by atoms with Crippen molar-refractivity contribution in [3.8, 4) is 0 Å². The zero-order valence-corrected chi connectivity index (χ0v) is 11.3. The summed E-state index contributed by atoms with van der Waals surface area (Å²) < 4.78 is 34.4. The van der Waals surface area contributed by atoms with Crippen LogP contribution in [0.25, 0.3) is 0 Å². The number of likely N-dealkylation sites (tertiary alicyclic amines) is 1. The maximum atomic E-state index is 12.9. The van der Waals surface area contributed by atoms with Gasteiger partial charge in [-0.1, -0.05) is 6.07 Å². The number of hydrogen-bond acceptors (Lipinski definition) is 4. The van der Waals surface area contributed by atoms with Crippen molar-refractivity contribution in [3.05, 3.63) is 29.8 Å². The van der Waals surface area contributed by atoms with E-state index in [-0.39, 0.29) is 17.5 Å². The summed E-state index contributed by atoms with van der Waals surface area (Å²) in [4.78, 5) is 13.5. The van der Waals surface area contributed by atoms with Gasteiger partial charge in [0.25, 0.3) is 5.91 Å². The highest BCUT2D eigenvalue weighted by Gasteiger charge is 2.22. The number of amides is 1. The Morgan fingerprint density at radius 1 is 1.47 bits per heavy atom. The van der Waals surface area contributed by atoms with Crippen LogP contribution >= 0.6 is 0 Å². The highest BCUT2D eigenvalue weighted by molar-refractivity contribution is 7.86. The Kier molecular flexibility index (Phi) is 3.86. The zero-order valence-electron chi connectivity index (χ0n) is 10.5. The minimum absolute atomic E-state index is 0.0446. The van der Waals surface area contributed by atoms with Gasteiger partial charge in [-0.05, 0) is 38.2 Å². The van der Waals surface area contributed by atoms with Gasteiger partial charge in [0.15, 0.2) is 0 Å². The molecule has 1 aromatic carbocycles.